The first-order valence-corrected chi connectivity index (χ1v) is 6.37. The van der Waals surface area contributed by atoms with Gasteiger partial charge in [-0.2, -0.15) is 10.1 Å². The monoisotopic (exact) mass is 269 g/mol. The molecule has 0 unspecified atom stereocenters. The van der Waals surface area contributed by atoms with E-state index in [-0.39, 0.29) is 0 Å². The molecule has 1 aromatic carbocycles. The van der Waals surface area contributed by atoms with Crippen molar-refractivity contribution in [2.24, 2.45) is 7.05 Å². The number of aryl methyl sites for hydroxylation is 3. The normalized spacial score (nSPS) is 10.8. The number of nitrogen functional groups attached to an aromatic ring is 1. The van der Waals surface area contributed by atoms with Crippen LogP contribution in [0.15, 0.2) is 41.2 Å². The van der Waals surface area contributed by atoms with Gasteiger partial charge in [0, 0.05) is 25.4 Å². The Morgan fingerprint density at radius 1 is 1.30 bits per heavy atom. The van der Waals surface area contributed by atoms with Crippen LogP contribution in [0.4, 0.5) is 5.69 Å². The number of hydrogen-bond acceptors (Lipinski definition) is 5. The molecule has 6 nitrogen and oxygen atoms in total. The van der Waals surface area contributed by atoms with E-state index in [4.69, 9.17) is 10.3 Å². The van der Waals surface area contributed by atoms with E-state index >= 15 is 0 Å². The maximum atomic E-state index is 5.75. The molecule has 6 heteroatoms. The van der Waals surface area contributed by atoms with Gasteiger partial charge in [-0.25, -0.2) is 0 Å². The van der Waals surface area contributed by atoms with Crippen molar-refractivity contribution in [3.05, 3.63) is 48.1 Å². The molecule has 3 aromatic rings. The van der Waals surface area contributed by atoms with Crippen LogP contribution in [0.5, 0.6) is 0 Å². The summed E-state index contributed by atoms with van der Waals surface area (Å²) in [6.45, 7) is 0. The molecule has 0 bridgehead atoms. The van der Waals surface area contributed by atoms with E-state index in [0.29, 0.717) is 18.1 Å². The fourth-order valence-electron chi connectivity index (χ4n) is 2.01. The van der Waals surface area contributed by atoms with Gasteiger partial charge in [0.15, 0.2) is 0 Å². The van der Waals surface area contributed by atoms with Crippen LogP contribution >= 0.6 is 0 Å². The van der Waals surface area contributed by atoms with Gasteiger partial charge in [-0.05, 0) is 24.1 Å². The van der Waals surface area contributed by atoms with Gasteiger partial charge < -0.3 is 10.3 Å². The molecule has 0 radical (unpaired) electrons. The van der Waals surface area contributed by atoms with Crippen molar-refractivity contribution in [2.75, 3.05) is 5.73 Å². The van der Waals surface area contributed by atoms with E-state index in [1.807, 2.05) is 37.5 Å². The fraction of sp³-hybridized carbons (Fsp3) is 0.214. The average molecular weight is 269 g/mol. The van der Waals surface area contributed by atoms with Crippen molar-refractivity contribution in [3.63, 3.8) is 0 Å². The molecular formula is C14H15N5O. The van der Waals surface area contributed by atoms with Crippen LogP contribution in [0.2, 0.25) is 0 Å². The third kappa shape index (κ3) is 2.69. The quantitative estimate of drug-likeness (QED) is 0.731. The molecule has 2 N–H and O–H groups in total. The Labute approximate surface area is 116 Å². The summed E-state index contributed by atoms with van der Waals surface area (Å²) in [7, 11) is 1.85. The first kappa shape index (κ1) is 12.4. The minimum atomic E-state index is 0.570. The second-order valence-corrected chi connectivity index (χ2v) is 4.66. The second kappa shape index (κ2) is 5.16. The highest BCUT2D eigenvalue weighted by molar-refractivity contribution is 5.51. The van der Waals surface area contributed by atoms with Gasteiger partial charge in [-0.1, -0.05) is 17.3 Å². The minimum Gasteiger partial charge on any atom is -0.399 e. The third-order valence-electron chi connectivity index (χ3n) is 3.01. The van der Waals surface area contributed by atoms with E-state index in [1.165, 1.54) is 0 Å². The van der Waals surface area contributed by atoms with E-state index < -0.39 is 0 Å². The van der Waals surface area contributed by atoms with E-state index in [9.17, 15) is 0 Å². The minimum absolute atomic E-state index is 0.570. The SMILES string of the molecule is Cn1cc(-c2noc(CCc3cccc(N)c3)n2)cn1. The highest BCUT2D eigenvalue weighted by Gasteiger charge is 2.10. The van der Waals surface area contributed by atoms with Crippen LogP contribution < -0.4 is 5.73 Å². The van der Waals surface area contributed by atoms with Crippen LogP contribution in [-0.4, -0.2) is 19.9 Å². The summed E-state index contributed by atoms with van der Waals surface area (Å²) in [6, 6.07) is 7.81. The van der Waals surface area contributed by atoms with Crippen LogP contribution in [-0.2, 0) is 19.9 Å². The molecule has 102 valence electrons. The van der Waals surface area contributed by atoms with Crippen molar-refractivity contribution < 1.29 is 4.52 Å². The Morgan fingerprint density at radius 2 is 2.20 bits per heavy atom. The maximum absolute atomic E-state index is 5.75. The van der Waals surface area contributed by atoms with Gasteiger partial charge in [0.2, 0.25) is 11.7 Å². The summed E-state index contributed by atoms with van der Waals surface area (Å²) in [5.74, 6) is 1.19. The van der Waals surface area contributed by atoms with Crippen LogP contribution in [0.3, 0.4) is 0 Å². The first-order valence-electron chi connectivity index (χ1n) is 6.37. The largest absolute Gasteiger partial charge is 0.399 e. The standard InChI is InChI=1S/C14H15N5O/c1-19-9-11(8-16-19)14-17-13(20-18-14)6-5-10-3-2-4-12(15)7-10/h2-4,7-9H,5-6,15H2,1H3. The molecule has 0 aliphatic rings. The molecule has 0 atom stereocenters. The van der Waals surface area contributed by atoms with E-state index in [1.54, 1.807) is 10.9 Å². The molecule has 0 saturated heterocycles. The van der Waals surface area contributed by atoms with Gasteiger partial charge >= 0.3 is 0 Å². The lowest BCUT2D eigenvalue weighted by atomic mass is 10.1. The Bertz CT molecular complexity index is 716. The molecule has 0 aliphatic heterocycles. The number of rotatable bonds is 4. The molecule has 2 aromatic heterocycles. The summed E-state index contributed by atoms with van der Waals surface area (Å²) in [4.78, 5) is 4.37. The molecule has 20 heavy (non-hydrogen) atoms. The third-order valence-corrected chi connectivity index (χ3v) is 3.01. The molecule has 0 saturated carbocycles. The summed E-state index contributed by atoms with van der Waals surface area (Å²) in [6.07, 6.45) is 5.08. The first-order chi connectivity index (χ1) is 9.70. The summed E-state index contributed by atoms with van der Waals surface area (Å²) < 4.78 is 6.96. The number of nitrogens with two attached hydrogens (primary N) is 1. The lowest BCUT2D eigenvalue weighted by molar-refractivity contribution is 0.379. The smallest absolute Gasteiger partial charge is 0.227 e. The maximum Gasteiger partial charge on any atom is 0.227 e. The van der Waals surface area contributed by atoms with Crippen molar-refractivity contribution >= 4 is 5.69 Å². The Morgan fingerprint density at radius 3 is 2.95 bits per heavy atom. The van der Waals surface area contributed by atoms with Crippen molar-refractivity contribution in [1.29, 1.82) is 0 Å². The molecule has 2 heterocycles. The second-order valence-electron chi connectivity index (χ2n) is 4.66. The zero-order chi connectivity index (χ0) is 13.9. The predicted octanol–water partition coefficient (Wildman–Crippen LogP) is 1.84. The molecule has 0 spiro atoms. The number of benzene rings is 1. The molecule has 0 fully saturated rings. The predicted molar refractivity (Wildman–Crippen MR) is 74.8 cm³/mol. The zero-order valence-electron chi connectivity index (χ0n) is 11.2. The zero-order valence-corrected chi connectivity index (χ0v) is 11.2. The molecule has 0 amide bonds. The van der Waals surface area contributed by atoms with Crippen molar-refractivity contribution in [2.45, 2.75) is 12.8 Å². The topological polar surface area (TPSA) is 82.8 Å². The van der Waals surface area contributed by atoms with Crippen LogP contribution in [0.1, 0.15) is 11.5 Å². The lowest BCUT2D eigenvalue weighted by Crippen LogP contribution is -1.93. The van der Waals surface area contributed by atoms with E-state index in [2.05, 4.69) is 15.2 Å². The number of nitrogens with zero attached hydrogens (tertiary/aromatic N) is 4. The lowest BCUT2D eigenvalue weighted by Gasteiger charge is -1.99. The van der Waals surface area contributed by atoms with Crippen LogP contribution in [0.25, 0.3) is 11.4 Å². The van der Waals surface area contributed by atoms with E-state index in [0.717, 1.165) is 23.2 Å². The van der Waals surface area contributed by atoms with Crippen molar-refractivity contribution in [3.8, 4) is 11.4 Å². The van der Waals surface area contributed by atoms with Gasteiger partial charge in [0.1, 0.15) is 0 Å². The Hall–Kier alpha value is -2.63. The highest BCUT2D eigenvalue weighted by Crippen LogP contribution is 2.15. The Balaban J connectivity index is 1.68. The van der Waals surface area contributed by atoms with Gasteiger partial charge in [-0.15, -0.1) is 0 Å². The fourth-order valence-corrected chi connectivity index (χ4v) is 2.01. The number of aromatic nitrogens is 4. The number of hydrogen-bond donors (Lipinski definition) is 1. The number of anilines is 1. The summed E-state index contributed by atoms with van der Waals surface area (Å²) in [5.41, 5.74) is 8.53. The molecular weight excluding hydrogens is 254 g/mol. The van der Waals surface area contributed by atoms with Gasteiger partial charge in [-0.3, -0.25) is 4.68 Å². The highest BCUT2D eigenvalue weighted by atomic mass is 16.5. The Kier molecular flexibility index (Phi) is 3.20. The molecule has 0 aliphatic carbocycles. The van der Waals surface area contributed by atoms with Crippen molar-refractivity contribution in [1.82, 2.24) is 19.9 Å². The average Bonchev–Trinajstić information content (AvgIpc) is 3.05. The van der Waals surface area contributed by atoms with Gasteiger partial charge in [0.25, 0.3) is 0 Å². The van der Waals surface area contributed by atoms with Gasteiger partial charge in [0.05, 0.1) is 11.8 Å². The molecule has 3 rings (SSSR count). The van der Waals surface area contributed by atoms with Crippen LogP contribution in [0, 0.1) is 0 Å². The summed E-state index contributed by atoms with van der Waals surface area (Å²) >= 11 is 0. The summed E-state index contributed by atoms with van der Waals surface area (Å²) in [5, 5.41) is 8.05.